The molecule has 0 amide bonds. The van der Waals surface area contributed by atoms with Gasteiger partial charge in [0.05, 0.1) is 13.2 Å². The van der Waals surface area contributed by atoms with Gasteiger partial charge in [0.15, 0.2) is 6.29 Å². The third-order valence-corrected chi connectivity index (χ3v) is 2.14. The van der Waals surface area contributed by atoms with Crippen LogP contribution in [-0.2, 0) is 9.47 Å². The minimum atomic E-state index is -0.157. The molecule has 0 saturated carbocycles. The molecule has 74 valence electrons. The van der Waals surface area contributed by atoms with Crippen LogP contribution in [0.5, 0.6) is 0 Å². The molecule has 1 aliphatic rings. The minimum absolute atomic E-state index is 0.157. The Bertz CT molecular complexity index is 325. The van der Waals surface area contributed by atoms with Crippen LogP contribution in [0.25, 0.3) is 6.08 Å². The maximum atomic E-state index is 5.30. The third kappa shape index (κ3) is 2.44. The Morgan fingerprint density at radius 2 is 2.07 bits per heavy atom. The molecule has 0 bridgehead atoms. The van der Waals surface area contributed by atoms with Gasteiger partial charge in [0.1, 0.15) is 0 Å². The van der Waals surface area contributed by atoms with Gasteiger partial charge in [0, 0.05) is 0 Å². The molecular formula is C12H14O2. The van der Waals surface area contributed by atoms with Crippen molar-refractivity contribution in [2.75, 3.05) is 13.2 Å². The molecule has 1 fully saturated rings. The van der Waals surface area contributed by atoms with E-state index in [1.807, 2.05) is 18.2 Å². The molecule has 0 atom stereocenters. The van der Waals surface area contributed by atoms with Gasteiger partial charge in [-0.3, -0.25) is 0 Å². The summed E-state index contributed by atoms with van der Waals surface area (Å²) in [5.41, 5.74) is 2.45. The van der Waals surface area contributed by atoms with E-state index < -0.39 is 0 Å². The first kappa shape index (κ1) is 9.44. The average molecular weight is 190 g/mol. The van der Waals surface area contributed by atoms with Gasteiger partial charge in [0.2, 0.25) is 0 Å². The van der Waals surface area contributed by atoms with Gasteiger partial charge in [0.25, 0.3) is 0 Å². The van der Waals surface area contributed by atoms with E-state index in [4.69, 9.17) is 9.47 Å². The molecule has 2 nitrogen and oxygen atoms in total. The number of hydrogen-bond donors (Lipinski definition) is 0. The average Bonchev–Trinajstić information content (AvgIpc) is 2.67. The van der Waals surface area contributed by atoms with E-state index in [0.29, 0.717) is 13.2 Å². The van der Waals surface area contributed by atoms with Gasteiger partial charge in [-0.1, -0.05) is 35.9 Å². The molecule has 1 aliphatic heterocycles. The Hall–Kier alpha value is -1.12. The van der Waals surface area contributed by atoms with Crippen LogP contribution in [0, 0.1) is 6.92 Å². The van der Waals surface area contributed by atoms with Gasteiger partial charge in [-0.15, -0.1) is 0 Å². The molecule has 0 N–H and O–H groups in total. The maximum Gasteiger partial charge on any atom is 0.177 e. The SMILES string of the molecule is Cc1cccc(C=CC2OCCO2)c1. The summed E-state index contributed by atoms with van der Waals surface area (Å²) in [6.45, 7) is 3.48. The van der Waals surface area contributed by atoms with Gasteiger partial charge >= 0.3 is 0 Å². The molecule has 1 saturated heterocycles. The van der Waals surface area contributed by atoms with Crippen LogP contribution in [0.3, 0.4) is 0 Å². The van der Waals surface area contributed by atoms with Crippen LogP contribution in [0.2, 0.25) is 0 Å². The number of rotatable bonds is 2. The normalized spacial score (nSPS) is 18.1. The van der Waals surface area contributed by atoms with Crippen LogP contribution >= 0.6 is 0 Å². The van der Waals surface area contributed by atoms with Crippen LogP contribution in [-0.4, -0.2) is 19.5 Å². The zero-order valence-corrected chi connectivity index (χ0v) is 8.27. The lowest BCUT2D eigenvalue weighted by Crippen LogP contribution is -2.01. The lowest BCUT2D eigenvalue weighted by atomic mass is 10.1. The second kappa shape index (κ2) is 4.40. The highest BCUT2D eigenvalue weighted by atomic mass is 16.7. The summed E-state index contributed by atoms with van der Waals surface area (Å²) in [6.07, 6.45) is 3.82. The van der Waals surface area contributed by atoms with E-state index in [-0.39, 0.29) is 6.29 Å². The molecular weight excluding hydrogens is 176 g/mol. The summed E-state index contributed by atoms with van der Waals surface area (Å²) in [7, 11) is 0. The van der Waals surface area contributed by atoms with Gasteiger partial charge in [-0.25, -0.2) is 0 Å². The van der Waals surface area contributed by atoms with E-state index in [0.717, 1.165) is 0 Å². The van der Waals surface area contributed by atoms with Crippen molar-refractivity contribution in [3.8, 4) is 0 Å². The lowest BCUT2D eigenvalue weighted by molar-refractivity contribution is -0.000907. The van der Waals surface area contributed by atoms with Crippen LogP contribution < -0.4 is 0 Å². The number of aryl methyl sites for hydroxylation is 1. The summed E-state index contributed by atoms with van der Waals surface area (Å²) < 4.78 is 10.6. The van der Waals surface area contributed by atoms with Gasteiger partial charge < -0.3 is 9.47 Å². The molecule has 1 heterocycles. The number of hydrogen-bond acceptors (Lipinski definition) is 2. The first-order valence-corrected chi connectivity index (χ1v) is 4.83. The Balaban J connectivity index is 2.02. The quantitative estimate of drug-likeness (QED) is 0.712. The fraction of sp³-hybridized carbons (Fsp3) is 0.333. The second-order valence-electron chi connectivity index (χ2n) is 3.38. The highest BCUT2D eigenvalue weighted by molar-refractivity contribution is 5.50. The highest BCUT2D eigenvalue weighted by Crippen LogP contribution is 2.10. The van der Waals surface area contributed by atoms with Crippen LogP contribution in [0.1, 0.15) is 11.1 Å². The van der Waals surface area contributed by atoms with Crippen molar-refractivity contribution < 1.29 is 9.47 Å². The molecule has 0 spiro atoms. The first-order chi connectivity index (χ1) is 6.84. The van der Waals surface area contributed by atoms with E-state index >= 15 is 0 Å². The van der Waals surface area contributed by atoms with E-state index in [1.165, 1.54) is 11.1 Å². The first-order valence-electron chi connectivity index (χ1n) is 4.83. The minimum Gasteiger partial charge on any atom is -0.347 e. The molecule has 0 aromatic heterocycles. The number of ether oxygens (including phenoxy) is 2. The van der Waals surface area contributed by atoms with E-state index in [2.05, 4.69) is 25.1 Å². The molecule has 0 aliphatic carbocycles. The van der Waals surface area contributed by atoms with Gasteiger partial charge in [-0.2, -0.15) is 0 Å². The topological polar surface area (TPSA) is 18.5 Å². The Labute approximate surface area is 84.2 Å². The van der Waals surface area contributed by atoms with E-state index in [9.17, 15) is 0 Å². The van der Waals surface area contributed by atoms with Crippen molar-refractivity contribution in [3.05, 3.63) is 41.5 Å². The largest absolute Gasteiger partial charge is 0.347 e. The molecule has 14 heavy (non-hydrogen) atoms. The molecule has 1 aromatic carbocycles. The molecule has 2 rings (SSSR count). The molecule has 2 heteroatoms. The summed E-state index contributed by atoms with van der Waals surface area (Å²) in [6, 6.07) is 8.33. The van der Waals surface area contributed by atoms with Crippen molar-refractivity contribution in [2.45, 2.75) is 13.2 Å². The number of benzene rings is 1. The Kier molecular flexibility index (Phi) is 2.96. The molecule has 0 unspecified atom stereocenters. The fourth-order valence-corrected chi connectivity index (χ4v) is 1.45. The molecule has 1 aromatic rings. The monoisotopic (exact) mass is 190 g/mol. The zero-order valence-electron chi connectivity index (χ0n) is 8.27. The lowest BCUT2D eigenvalue weighted by Gasteiger charge is -2.01. The van der Waals surface area contributed by atoms with Crippen LogP contribution in [0.15, 0.2) is 30.3 Å². The van der Waals surface area contributed by atoms with Crippen molar-refractivity contribution in [1.82, 2.24) is 0 Å². The zero-order chi connectivity index (χ0) is 9.80. The van der Waals surface area contributed by atoms with Crippen LogP contribution in [0.4, 0.5) is 0 Å². The molecule has 0 radical (unpaired) electrons. The predicted molar refractivity (Wildman–Crippen MR) is 55.9 cm³/mol. The summed E-state index contributed by atoms with van der Waals surface area (Å²) >= 11 is 0. The van der Waals surface area contributed by atoms with E-state index in [1.54, 1.807) is 0 Å². The van der Waals surface area contributed by atoms with Crippen molar-refractivity contribution in [3.63, 3.8) is 0 Å². The third-order valence-electron chi connectivity index (χ3n) is 2.14. The summed E-state index contributed by atoms with van der Waals surface area (Å²) in [5, 5.41) is 0. The van der Waals surface area contributed by atoms with Crippen molar-refractivity contribution in [2.24, 2.45) is 0 Å². The Morgan fingerprint density at radius 1 is 1.29 bits per heavy atom. The fourth-order valence-electron chi connectivity index (χ4n) is 1.45. The predicted octanol–water partition coefficient (Wildman–Crippen LogP) is 2.38. The highest BCUT2D eigenvalue weighted by Gasteiger charge is 2.11. The van der Waals surface area contributed by atoms with Gasteiger partial charge in [-0.05, 0) is 18.6 Å². The maximum absolute atomic E-state index is 5.30. The summed E-state index contributed by atoms with van der Waals surface area (Å²) in [4.78, 5) is 0. The summed E-state index contributed by atoms with van der Waals surface area (Å²) in [5.74, 6) is 0. The van der Waals surface area contributed by atoms with Crippen molar-refractivity contribution in [1.29, 1.82) is 0 Å². The standard InChI is InChI=1S/C12H14O2/c1-10-3-2-4-11(9-10)5-6-12-13-7-8-14-12/h2-6,9,12H,7-8H2,1H3. The second-order valence-corrected chi connectivity index (χ2v) is 3.38. The Morgan fingerprint density at radius 3 is 2.79 bits per heavy atom. The van der Waals surface area contributed by atoms with Crippen molar-refractivity contribution >= 4 is 6.08 Å². The smallest absolute Gasteiger partial charge is 0.177 e.